The summed E-state index contributed by atoms with van der Waals surface area (Å²) in [6.07, 6.45) is 7.93. The molecule has 0 bridgehead atoms. The first-order valence-electron chi connectivity index (χ1n) is 11.9. The summed E-state index contributed by atoms with van der Waals surface area (Å²) in [6.45, 7) is 2.64. The van der Waals surface area contributed by atoms with E-state index in [1.807, 2.05) is 31.2 Å². The number of benzene rings is 1. The lowest BCUT2D eigenvalue weighted by Gasteiger charge is -2.26. The van der Waals surface area contributed by atoms with Gasteiger partial charge < -0.3 is 25.5 Å². The van der Waals surface area contributed by atoms with Crippen LogP contribution in [0.2, 0.25) is 0 Å². The molecule has 0 aliphatic heterocycles. The van der Waals surface area contributed by atoms with Gasteiger partial charge in [-0.15, -0.1) is 12.4 Å². The number of nitrogens with zero attached hydrogens (tertiary/aromatic N) is 1. The number of methoxy groups -OCH3 is 1. The minimum atomic E-state index is -0.0836. The van der Waals surface area contributed by atoms with Crippen LogP contribution in [0.3, 0.4) is 0 Å². The summed E-state index contributed by atoms with van der Waals surface area (Å²) in [7, 11) is 1.66. The number of nitrogens with one attached hydrogen (secondary N) is 2. The Morgan fingerprint density at radius 3 is 2.62 bits per heavy atom. The van der Waals surface area contributed by atoms with Gasteiger partial charge in [0.25, 0.3) is 5.91 Å². The number of halogens is 1. The molecule has 34 heavy (non-hydrogen) atoms. The predicted octanol–water partition coefficient (Wildman–Crippen LogP) is 4.76. The van der Waals surface area contributed by atoms with Gasteiger partial charge in [-0.05, 0) is 75.6 Å². The average molecular weight is 485 g/mol. The minimum Gasteiger partial charge on any atom is -0.497 e. The van der Waals surface area contributed by atoms with Crippen molar-refractivity contribution in [2.45, 2.75) is 57.5 Å². The SMILES string of the molecule is COc1ccc(OCC2CC2)c(-c2ccnc3c(C(=O)NC4CCC(N)CC4)c(C)[nH]c23)c1.Cl. The molecule has 1 amide bonds. The van der Waals surface area contributed by atoms with Gasteiger partial charge in [0.15, 0.2) is 0 Å². The smallest absolute Gasteiger partial charge is 0.255 e. The molecule has 2 fully saturated rings. The number of amides is 1. The number of pyridine rings is 1. The monoisotopic (exact) mass is 484 g/mol. The zero-order valence-corrected chi connectivity index (χ0v) is 20.5. The van der Waals surface area contributed by atoms with E-state index in [0.717, 1.165) is 66.1 Å². The normalized spacial score (nSPS) is 20.0. The zero-order valence-electron chi connectivity index (χ0n) is 19.7. The molecule has 5 rings (SSSR count). The Kier molecular flexibility index (Phi) is 7.33. The first kappa shape index (κ1) is 24.4. The second-order valence-electron chi connectivity index (χ2n) is 9.41. The molecular weight excluding hydrogens is 452 g/mol. The van der Waals surface area contributed by atoms with Crippen LogP contribution >= 0.6 is 12.4 Å². The summed E-state index contributed by atoms with van der Waals surface area (Å²) in [5.74, 6) is 2.13. The summed E-state index contributed by atoms with van der Waals surface area (Å²) in [5.41, 5.74) is 10.8. The molecule has 0 unspecified atom stereocenters. The first-order valence-corrected chi connectivity index (χ1v) is 11.9. The van der Waals surface area contributed by atoms with E-state index in [2.05, 4.69) is 15.3 Å². The Bertz CT molecular complexity index is 1170. The standard InChI is InChI=1S/C26H32N4O3.ClH/c1-15-23(26(31)30-18-7-5-17(27)6-8-18)25-24(29-15)20(11-12-28-25)21-13-19(32-2)9-10-22(21)33-14-16-3-4-16;/h9-13,16-18,29H,3-8,14,27H2,1-2H3,(H,30,31);1H. The van der Waals surface area contributed by atoms with Gasteiger partial charge in [-0.3, -0.25) is 9.78 Å². The fourth-order valence-corrected chi connectivity index (χ4v) is 4.69. The highest BCUT2D eigenvalue weighted by molar-refractivity contribution is 6.09. The number of carbonyl (C=O) groups is 1. The van der Waals surface area contributed by atoms with Crippen LogP contribution < -0.4 is 20.5 Å². The number of ether oxygens (including phenoxy) is 2. The van der Waals surface area contributed by atoms with Crippen LogP contribution in [0.5, 0.6) is 11.5 Å². The van der Waals surface area contributed by atoms with Gasteiger partial charge in [-0.25, -0.2) is 0 Å². The van der Waals surface area contributed by atoms with Crippen LogP contribution in [0.15, 0.2) is 30.5 Å². The Balaban J connectivity index is 0.00000274. The van der Waals surface area contributed by atoms with E-state index in [4.69, 9.17) is 15.2 Å². The highest BCUT2D eigenvalue weighted by Crippen LogP contribution is 2.39. The van der Waals surface area contributed by atoms with Gasteiger partial charge in [0.05, 0.1) is 24.8 Å². The number of aromatic nitrogens is 2. The maximum absolute atomic E-state index is 13.2. The minimum absolute atomic E-state index is 0. The number of H-pyrrole nitrogens is 1. The van der Waals surface area contributed by atoms with E-state index >= 15 is 0 Å². The lowest BCUT2D eigenvalue weighted by atomic mass is 9.91. The highest BCUT2D eigenvalue weighted by Gasteiger charge is 2.26. The van der Waals surface area contributed by atoms with E-state index in [-0.39, 0.29) is 30.4 Å². The summed E-state index contributed by atoms with van der Waals surface area (Å²) in [4.78, 5) is 21.3. The van der Waals surface area contributed by atoms with Gasteiger partial charge in [0, 0.05) is 35.1 Å². The summed E-state index contributed by atoms with van der Waals surface area (Å²) < 4.78 is 11.7. The number of aryl methyl sites for hydroxylation is 1. The third kappa shape index (κ3) is 5.00. The van der Waals surface area contributed by atoms with Crippen LogP contribution in [0.1, 0.15) is 54.6 Å². The van der Waals surface area contributed by atoms with Gasteiger partial charge in [-0.1, -0.05) is 0 Å². The molecule has 2 aliphatic carbocycles. The van der Waals surface area contributed by atoms with E-state index < -0.39 is 0 Å². The predicted molar refractivity (Wildman–Crippen MR) is 136 cm³/mol. The molecule has 2 aromatic heterocycles. The van der Waals surface area contributed by atoms with Crippen molar-refractivity contribution in [2.24, 2.45) is 11.7 Å². The van der Waals surface area contributed by atoms with Gasteiger partial charge in [-0.2, -0.15) is 0 Å². The van der Waals surface area contributed by atoms with Crippen molar-refractivity contribution in [3.8, 4) is 22.6 Å². The molecule has 2 saturated carbocycles. The fourth-order valence-electron chi connectivity index (χ4n) is 4.69. The van der Waals surface area contributed by atoms with Crippen LogP contribution in [0.4, 0.5) is 0 Å². The number of nitrogens with two attached hydrogens (primary N) is 1. The molecule has 3 aromatic rings. The maximum Gasteiger partial charge on any atom is 0.255 e. The van der Waals surface area contributed by atoms with Crippen LogP contribution in [-0.2, 0) is 0 Å². The average Bonchev–Trinajstić information content (AvgIpc) is 3.58. The molecule has 0 saturated heterocycles. The summed E-state index contributed by atoms with van der Waals surface area (Å²) in [5, 5.41) is 3.20. The number of fused-ring (bicyclic) bond motifs is 1. The number of hydrogen-bond acceptors (Lipinski definition) is 5. The Morgan fingerprint density at radius 2 is 1.91 bits per heavy atom. The van der Waals surface area contributed by atoms with Crippen LogP contribution in [-0.4, -0.2) is 41.7 Å². The first-order chi connectivity index (χ1) is 16.0. The molecular formula is C26H33ClN4O3. The topological polar surface area (TPSA) is 102 Å². The second-order valence-corrected chi connectivity index (χ2v) is 9.41. The molecule has 2 aliphatic rings. The fraction of sp³-hybridized carbons (Fsp3) is 0.462. The van der Waals surface area contributed by atoms with Crippen LogP contribution in [0, 0.1) is 12.8 Å². The Hall–Kier alpha value is -2.77. The molecule has 0 spiro atoms. The molecule has 4 N–H and O–H groups in total. The van der Waals surface area contributed by atoms with Crippen molar-refractivity contribution in [3.63, 3.8) is 0 Å². The third-order valence-corrected chi connectivity index (χ3v) is 6.86. The Morgan fingerprint density at radius 1 is 1.15 bits per heavy atom. The molecule has 182 valence electrons. The number of aromatic amines is 1. The van der Waals surface area contributed by atoms with Crippen LogP contribution in [0.25, 0.3) is 22.2 Å². The van der Waals surface area contributed by atoms with E-state index in [1.165, 1.54) is 12.8 Å². The largest absolute Gasteiger partial charge is 0.497 e. The lowest BCUT2D eigenvalue weighted by molar-refractivity contribution is 0.0927. The molecule has 0 atom stereocenters. The maximum atomic E-state index is 13.2. The molecule has 1 aromatic carbocycles. The number of hydrogen-bond donors (Lipinski definition) is 3. The second kappa shape index (κ2) is 10.2. The quantitative estimate of drug-likeness (QED) is 0.448. The van der Waals surface area contributed by atoms with E-state index in [0.29, 0.717) is 17.0 Å². The molecule has 7 nitrogen and oxygen atoms in total. The molecule has 8 heteroatoms. The molecule has 2 heterocycles. The van der Waals surface area contributed by atoms with Gasteiger partial charge in [0.2, 0.25) is 0 Å². The summed E-state index contributed by atoms with van der Waals surface area (Å²) >= 11 is 0. The van der Waals surface area contributed by atoms with E-state index in [9.17, 15) is 4.79 Å². The van der Waals surface area contributed by atoms with Crippen molar-refractivity contribution in [1.82, 2.24) is 15.3 Å². The van der Waals surface area contributed by atoms with Crippen molar-refractivity contribution >= 4 is 29.3 Å². The summed E-state index contributed by atoms with van der Waals surface area (Å²) in [6, 6.07) is 8.22. The third-order valence-electron chi connectivity index (χ3n) is 6.86. The van der Waals surface area contributed by atoms with Crippen molar-refractivity contribution in [3.05, 3.63) is 41.7 Å². The number of rotatable bonds is 7. The van der Waals surface area contributed by atoms with Crippen molar-refractivity contribution in [2.75, 3.05) is 13.7 Å². The van der Waals surface area contributed by atoms with E-state index in [1.54, 1.807) is 13.3 Å². The van der Waals surface area contributed by atoms with Gasteiger partial charge >= 0.3 is 0 Å². The number of carbonyl (C=O) groups excluding carboxylic acids is 1. The lowest BCUT2D eigenvalue weighted by Crippen LogP contribution is -2.40. The van der Waals surface area contributed by atoms with Crippen molar-refractivity contribution in [1.29, 1.82) is 0 Å². The highest BCUT2D eigenvalue weighted by atomic mass is 35.5. The Labute approximate surface area is 206 Å². The zero-order chi connectivity index (χ0) is 22.9. The molecule has 0 radical (unpaired) electrons. The van der Waals surface area contributed by atoms with Crippen molar-refractivity contribution < 1.29 is 14.3 Å². The van der Waals surface area contributed by atoms with Gasteiger partial charge in [0.1, 0.15) is 17.0 Å².